The Morgan fingerprint density at radius 3 is 2.62 bits per heavy atom. The summed E-state index contributed by atoms with van der Waals surface area (Å²) in [6, 6.07) is 5.69. The molecule has 16 heavy (non-hydrogen) atoms. The van der Waals surface area contributed by atoms with Crippen LogP contribution in [0.2, 0.25) is 0 Å². The fourth-order valence-corrected chi connectivity index (χ4v) is 1.41. The maximum atomic E-state index is 9.13. The first-order chi connectivity index (χ1) is 7.67. The zero-order valence-corrected chi connectivity index (χ0v) is 9.99. The maximum absolute atomic E-state index is 9.13. The Balaban J connectivity index is 2.64. The first kappa shape index (κ1) is 12.8. The van der Waals surface area contributed by atoms with Gasteiger partial charge in [-0.3, -0.25) is 0 Å². The second-order valence-electron chi connectivity index (χ2n) is 3.66. The van der Waals surface area contributed by atoms with Gasteiger partial charge in [0.1, 0.15) is 11.5 Å². The van der Waals surface area contributed by atoms with E-state index in [9.17, 15) is 0 Å². The van der Waals surface area contributed by atoms with Crippen LogP contribution in [-0.4, -0.2) is 32.0 Å². The lowest BCUT2D eigenvalue weighted by molar-refractivity contribution is 0.191. The van der Waals surface area contributed by atoms with Crippen molar-refractivity contribution in [1.29, 1.82) is 0 Å². The molecule has 0 radical (unpaired) electrons. The van der Waals surface area contributed by atoms with Crippen LogP contribution in [0.5, 0.6) is 11.5 Å². The van der Waals surface area contributed by atoms with E-state index in [2.05, 4.69) is 5.32 Å². The number of nitrogens with one attached hydrogen (secondary N) is 1. The Kier molecular flexibility index (Phi) is 5.08. The highest BCUT2D eigenvalue weighted by molar-refractivity contribution is 5.40. The van der Waals surface area contributed by atoms with Gasteiger partial charge in [0.05, 0.1) is 20.3 Å². The van der Waals surface area contributed by atoms with Crippen LogP contribution >= 0.6 is 0 Å². The standard InChI is InChI=1S/C12H19NO3/c1-9(14)7-13-8-10-4-5-11(15-2)6-12(10)16-3/h4-6,9,13-14H,7-8H2,1-3H3/t9-/m0/s1. The molecule has 0 aliphatic heterocycles. The molecule has 0 amide bonds. The van der Waals surface area contributed by atoms with Crippen molar-refractivity contribution in [3.8, 4) is 11.5 Å². The van der Waals surface area contributed by atoms with Crippen LogP contribution in [0.25, 0.3) is 0 Å². The number of rotatable bonds is 6. The van der Waals surface area contributed by atoms with E-state index in [1.165, 1.54) is 0 Å². The predicted octanol–water partition coefficient (Wildman–Crippen LogP) is 1.17. The number of aliphatic hydroxyl groups is 1. The van der Waals surface area contributed by atoms with Crippen molar-refractivity contribution in [2.45, 2.75) is 19.6 Å². The molecule has 0 aromatic heterocycles. The largest absolute Gasteiger partial charge is 0.497 e. The quantitative estimate of drug-likeness (QED) is 0.763. The fraction of sp³-hybridized carbons (Fsp3) is 0.500. The molecule has 1 atom stereocenters. The SMILES string of the molecule is COc1ccc(CNC[C@H](C)O)c(OC)c1. The van der Waals surface area contributed by atoms with Crippen molar-refractivity contribution in [3.63, 3.8) is 0 Å². The summed E-state index contributed by atoms with van der Waals surface area (Å²) in [6.07, 6.45) is -0.343. The predicted molar refractivity (Wildman–Crippen MR) is 62.9 cm³/mol. The second-order valence-corrected chi connectivity index (χ2v) is 3.66. The Bertz CT molecular complexity index is 326. The molecular weight excluding hydrogens is 206 g/mol. The monoisotopic (exact) mass is 225 g/mol. The zero-order valence-electron chi connectivity index (χ0n) is 9.99. The minimum absolute atomic E-state index is 0.343. The van der Waals surface area contributed by atoms with Gasteiger partial charge in [-0.2, -0.15) is 0 Å². The van der Waals surface area contributed by atoms with Gasteiger partial charge in [-0.15, -0.1) is 0 Å². The normalized spacial score (nSPS) is 12.2. The summed E-state index contributed by atoms with van der Waals surface area (Å²) in [6.45, 7) is 2.98. The molecule has 0 spiro atoms. The lowest BCUT2D eigenvalue weighted by Gasteiger charge is -2.12. The van der Waals surface area contributed by atoms with Crippen LogP contribution in [0, 0.1) is 0 Å². The first-order valence-electron chi connectivity index (χ1n) is 5.27. The minimum Gasteiger partial charge on any atom is -0.497 e. The van der Waals surface area contributed by atoms with E-state index >= 15 is 0 Å². The summed E-state index contributed by atoms with van der Waals surface area (Å²) < 4.78 is 10.4. The first-order valence-corrected chi connectivity index (χ1v) is 5.27. The molecule has 0 bridgehead atoms. The molecule has 0 saturated carbocycles. The van der Waals surface area contributed by atoms with Crippen LogP contribution in [0.3, 0.4) is 0 Å². The summed E-state index contributed by atoms with van der Waals surface area (Å²) in [5.41, 5.74) is 1.05. The number of hydrogen-bond acceptors (Lipinski definition) is 4. The highest BCUT2D eigenvalue weighted by atomic mass is 16.5. The van der Waals surface area contributed by atoms with Gasteiger partial charge in [-0.25, -0.2) is 0 Å². The molecule has 1 aromatic carbocycles. The van der Waals surface area contributed by atoms with Gasteiger partial charge in [0, 0.05) is 24.7 Å². The molecule has 0 aliphatic carbocycles. The van der Waals surface area contributed by atoms with E-state index in [0.29, 0.717) is 13.1 Å². The molecule has 0 heterocycles. The summed E-state index contributed by atoms with van der Waals surface area (Å²) >= 11 is 0. The number of methoxy groups -OCH3 is 2. The molecule has 2 N–H and O–H groups in total. The smallest absolute Gasteiger partial charge is 0.127 e. The molecule has 0 unspecified atom stereocenters. The highest BCUT2D eigenvalue weighted by Crippen LogP contribution is 2.24. The summed E-state index contributed by atoms with van der Waals surface area (Å²) in [7, 11) is 3.26. The molecule has 0 saturated heterocycles. The lowest BCUT2D eigenvalue weighted by atomic mass is 10.2. The van der Waals surface area contributed by atoms with Gasteiger partial charge in [0.15, 0.2) is 0 Å². The van der Waals surface area contributed by atoms with Crippen LogP contribution in [0.1, 0.15) is 12.5 Å². The van der Waals surface area contributed by atoms with E-state index < -0.39 is 0 Å². The van der Waals surface area contributed by atoms with Crippen molar-refractivity contribution < 1.29 is 14.6 Å². The van der Waals surface area contributed by atoms with Gasteiger partial charge in [0.2, 0.25) is 0 Å². The van der Waals surface area contributed by atoms with Crippen molar-refractivity contribution in [2.24, 2.45) is 0 Å². The van der Waals surface area contributed by atoms with Crippen LogP contribution in [0.4, 0.5) is 0 Å². The number of aliphatic hydroxyl groups excluding tert-OH is 1. The second kappa shape index (κ2) is 6.35. The van der Waals surface area contributed by atoms with Crippen LogP contribution < -0.4 is 14.8 Å². The maximum Gasteiger partial charge on any atom is 0.127 e. The van der Waals surface area contributed by atoms with Gasteiger partial charge < -0.3 is 19.9 Å². The number of ether oxygens (including phenoxy) is 2. The van der Waals surface area contributed by atoms with E-state index in [1.54, 1.807) is 21.1 Å². The van der Waals surface area contributed by atoms with E-state index in [-0.39, 0.29) is 6.10 Å². The third-order valence-corrected chi connectivity index (χ3v) is 2.25. The average molecular weight is 225 g/mol. The average Bonchev–Trinajstić information content (AvgIpc) is 2.29. The summed E-state index contributed by atoms with van der Waals surface area (Å²) in [5, 5.41) is 12.3. The van der Waals surface area contributed by atoms with Crippen molar-refractivity contribution in [1.82, 2.24) is 5.32 Å². The third-order valence-electron chi connectivity index (χ3n) is 2.25. The molecule has 4 nitrogen and oxygen atoms in total. The van der Waals surface area contributed by atoms with Crippen LogP contribution in [0.15, 0.2) is 18.2 Å². The highest BCUT2D eigenvalue weighted by Gasteiger charge is 2.04. The minimum atomic E-state index is -0.343. The summed E-state index contributed by atoms with van der Waals surface area (Å²) in [4.78, 5) is 0. The van der Waals surface area contributed by atoms with Gasteiger partial charge >= 0.3 is 0 Å². The Labute approximate surface area is 96.2 Å². The Hall–Kier alpha value is -1.26. The third kappa shape index (κ3) is 3.72. The lowest BCUT2D eigenvalue weighted by Crippen LogP contribution is -2.24. The summed E-state index contributed by atoms with van der Waals surface area (Å²) in [5.74, 6) is 1.56. The molecule has 90 valence electrons. The molecule has 1 rings (SSSR count). The van der Waals surface area contributed by atoms with Gasteiger partial charge in [-0.1, -0.05) is 6.07 Å². The van der Waals surface area contributed by atoms with Crippen molar-refractivity contribution in [2.75, 3.05) is 20.8 Å². The molecule has 4 heteroatoms. The van der Waals surface area contributed by atoms with Crippen molar-refractivity contribution >= 4 is 0 Å². The fourth-order valence-electron chi connectivity index (χ4n) is 1.41. The Morgan fingerprint density at radius 1 is 1.31 bits per heavy atom. The number of benzene rings is 1. The van der Waals surface area contributed by atoms with E-state index in [4.69, 9.17) is 14.6 Å². The topological polar surface area (TPSA) is 50.7 Å². The van der Waals surface area contributed by atoms with Gasteiger partial charge in [0.25, 0.3) is 0 Å². The Morgan fingerprint density at radius 2 is 2.06 bits per heavy atom. The van der Waals surface area contributed by atoms with Crippen molar-refractivity contribution in [3.05, 3.63) is 23.8 Å². The van der Waals surface area contributed by atoms with Crippen LogP contribution in [-0.2, 0) is 6.54 Å². The molecule has 0 aliphatic rings. The molecule has 0 fully saturated rings. The molecular formula is C12H19NO3. The number of hydrogen-bond donors (Lipinski definition) is 2. The van der Waals surface area contributed by atoms with E-state index in [1.807, 2.05) is 18.2 Å². The zero-order chi connectivity index (χ0) is 12.0. The molecule has 1 aromatic rings. The van der Waals surface area contributed by atoms with E-state index in [0.717, 1.165) is 17.1 Å². The van der Waals surface area contributed by atoms with Gasteiger partial charge in [-0.05, 0) is 13.0 Å².